The Balaban J connectivity index is 3.02. The van der Waals surface area contributed by atoms with Crippen LogP contribution in [0.15, 0.2) is 12.3 Å². The molecule has 0 atom stereocenters. The molecule has 1 rings (SSSR count). The van der Waals surface area contributed by atoms with E-state index in [1.807, 2.05) is 0 Å². The largest absolute Gasteiger partial charge is 0.505 e. The van der Waals surface area contributed by atoms with Gasteiger partial charge in [0.15, 0.2) is 6.20 Å². The molecule has 3 heteroatoms. The van der Waals surface area contributed by atoms with E-state index in [0.717, 1.165) is 0 Å². The van der Waals surface area contributed by atoms with Gasteiger partial charge in [-0.15, -0.1) is 5.10 Å². The fraction of sp³-hybridized carbons (Fsp3) is 0. The molecule has 0 spiro atoms. The Morgan fingerprint density at radius 2 is 2.57 bits per heavy atom. The Morgan fingerprint density at radius 3 is 2.86 bits per heavy atom. The van der Waals surface area contributed by atoms with Crippen LogP contribution in [0.3, 0.4) is 0 Å². The van der Waals surface area contributed by atoms with E-state index in [2.05, 4.69) is 16.4 Å². The summed E-state index contributed by atoms with van der Waals surface area (Å²) in [6, 6.07) is 1.41. The number of hydrogen-bond acceptors (Lipinski definition) is 3. The first-order valence-corrected chi connectivity index (χ1v) is 1.78. The smallest absolute Gasteiger partial charge is 0.159 e. The molecule has 0 aliphatic heterocycles. The van der Waals surface area contributed by atoms with Gasteiger partial charge in [-0.2, -0.15) is 5.10 Å². The van der Waals surface area contributed by atoms with Gasteiger partial charge in [0.2, 0.25) is 0 Å². The predicted octanol–water partition coefficient (Wildman–Crippen LogP) is -0.0176. The molecule has 1 radical (unpaired) electrons. The second kappa shape index (κ2) is 1.55. The van der Waals surface area contributed by atoms with Crippen LogP contribution in [0, 0.1) is 6.20 Å². The monoisotopic (exact) mass is 95.0 g/mol. The lowest BCUT2D eigenvalue weighted by Gasteiger charge is -1.79. The van der Waals surface area contributed by atoms with Crippen molar-refractivity contribution in [1.82, 2.24) is 10.2 Å². The van der Waals surface area contributed by atoms with Crippen molar-refractivity contribution in [2.75, 3.05) is 0 Å². The Hall–Kier alpha value is -1.12. The Bertz CT molecular complexity index is 140. The van der Waals surface area contributed by atoms with Crippen LogP contribution < -0.4 is 0 Å². The van der Waals surface area contributed by atoms with Gasteiger partial charge in [0.1, 0.15) is 5.75 Å². The summed E-state index contributed by atoms with van der Waals surface area (Å²) >= 11 is 0. The quantitative estimate of drug-likeness (QED) is 0.492. The molecule has 1 N–H and O–H groups in total. The van der Waals surface area contributed by atoms with Gasteiger partial charge in [-0.05, 0) is 0 Å². The molecular weight excluding hydrogens is 92.1 g/mol. The minimum atomic E-state index is 0.0231. The van der Waals surface area contributed by atoms with E-state index in [0.29, 0.717) is 0 Å². The minimum Gasteiger partial charge on any atom is -0.505 e. The average Bonchev–Trinajstić information content (AvgIpc) is 1.69. The first-order valence-electron chi connectivity index (χ1n) is 1.78. The van der Waals surface area contributed by atoms with E-state index in [4.69, 9.17) is 5.11 Å². The van der Waals surface area contributed by atoms with Crippen LogP contribution in [0.4, 0.5) is 0 Å². The van der Waals surface area contributed by atoms with Crippen LogP contribution in [0.1, 0.15) is 0 Å². The van der Waals surface area contributed by atoms with Crippen LogP contribution in [0.2, 0.25) is 0 Å². The molecule has 0 saturated heterocycles. The van der Waals surface area contributed by atoms with Gasteiger partial charge in [0.05, 0.1) is 6.20 Å². The Morgan fingerprint density at radius 1 is 1.71 bits per heavy atom. The normalized spacial score (nSPS) is 8.57. The molecule has 35 valence electrons. The van der Waals surface area contributed by atoms with Crippen molar-refractivity contribution in [2.45, 2.75) is 0 Å². The summed E-state index contributed by atoms with van der Waals surface area (Å²) in [6.07, 6.45) is 3.62. The van der Waals surface area contributed by atoms with E-state index in [1.165, 1.54) is 12.3 Å². The third-order valence-corrected chi connectivity index (χ3v) is 0.521. The van der Waals surface area contributed by atoms with Gasteiger partial charge < -0.3 is 5.11 Å². The van der Waals surface area contributed by atoms with E-state index in [-0.39, 0.29) is 5.75 Å². The number of nitrogens with zero attached hydrogens (tertiary/aromatic N) is 2. The van der Waals surface area contributed by atoms with Crippen LogP contribution in [0.25, 0.3) is 0 Å². The lowest BCUT2D eigenvalue weighted by Crippen LogP contribution is -1.73. The zero-order chi connectivity index (χ0) is 5.11. The molecule has 1 aromatic heterocycles. The van der Waals surface area contributed by atoms with Crippen molar-refractivity contribution in [1.29, 1.82) is 0 Å². The third kappa shape index (κ3) is 0.855. The molecule has 7 heavy (non-hydrogen) atoms. The molecule has 1 heterocycles. The maximum atomic E-state index is 8.47. The van der Waals surface area contributed by atoms with Crippen LogP contribution in [0.5, 0.6) is 5.75 Å². The average molecular weight is 95.1 g/mol. The molecule has 0 aliphatic rings. The van der Waals surface area contributed by atoms with Gasteiger partial charge in [0.25, 0.3) is 0 Å². The zero-order valence-corrected chi connectivity index (χ0v) is 3.50. The van der Waals surface area contributed by atoms with Crippen molar-refractivity contribution < 1.29 is 5.11 Å². The fourth-order valence-electron chi connectivity index (χ4n) is 0.255. The summed E-state index contributed by atoms with van der Waals surface area (Å²) < 4.78 is 0. The first-order chi connectivity index (χ1) is 3.39. The van der Waals surface area contributed by atoms with Gasteiger partial charge >= 0.3 is 0 Å². The fourth-order valence-corrected chi connectivity index (χ4v) is 0.255. The van der Waals surface area contributed by atoms with Crippen LogP contribution in [-0.4, -0.2) is 15.3 Å². The SMILES string of the molecule is Oc1[c]nncc1. The molecule has 0 aromatic carbocycles. The van der Waals surface area contributed by atoms with Gasteiger partial charge in [-0.1, -0.05) is 0 Å². The minimum absolute atomic E-state index is 0.0231. The number of rotatable bonds is 0. The van der Waals surface area contributed by atoms with Crippen molar-refractivity contribution in [3.05, 3.63) is 18.5 Å². The molecule has 0 amide bonds. The van der Waals surface area contributed by atoms with Crippen molar-refractivity contribution >= 4 is 0 Å². The van der Waals surface area contributed by atoms with Crippen molar-refractivity contribution in [2.24, 2.45) is 0 Å². The highest BCUT2D eigenvalue weighted by atomic mass is 16.3. The van der Waals surface area contributed by atoms with E-state index in [9.17, 15) is 0 Å². The highest BCUT2D eigenvalue weighted by molar-refractivity contribution is 5.07. The summed E-state index contributed by atoms with van der Waals surface area (Å²) in [5.41, 5.74) is 0. The lowest BCUT2D eigenvalue weighted by atomic mass is 10.5. The second-order valence-electron chi connectivity index (χ2n) is 1.03. The van der Waals surface area contributed by atoms with Crippen LogP contribution in [-0.2, 0) is 0 Å². The lowest BCUT2D eigenvalue weighted by molar-refractivity contribution is 0.469. The summed E-state index contributed by atoms with van der Waals surface area (Å²) in [6.45, 7) is 0. The maximum absolute atomic E-state index is 8.47. The third-order valence-electron chi connectivity index (χ3n) is 0.521. The van der Waals surface area contributed by atoms with Crippen molar-refractivity contribution in [3.63, 3.8) is 0 Å². The van der Waals surface area contributed by atoms with Gasteiger partial charge in [-0.25, -0.2) is 0 Å². The number of hydrogen-bond donors (Lipinski definition) is 1. The first kappa shape index (κ1) is 4.05. The highest BCUT2D eigenvalue weighted by Gasteiger charge is 1.79. The molecule has 0 bridgehead atoms. The van der Waals surface area contributed by atoms with E-state index in [1.54, 1.807) is 0 Å². The predicted molar refractivity (Wildman–Crippen MR) is 22.5 cm³/mol. The molecule has 0 aliphatic carbocycles. The zero-order valence-electron chi connectivity index (χ0n) is 3.50. The summed E-state index contributed by atoms with van der Waals surface area (Å²) in [4.78, 5) is 0. The van der Waals surface area contributed by atoms with E-state index >= 15 is 0 Å². The van der Waals surface area contributed by atoms with E-state index < -0.39 is 0 Å². The topological polar surface area (TPSA) is 46.0 Å². The Labute approximate surface area is 40.6 Å². The van der Waals surface area contributed by atoms with Gasteiger partial charge in [0, 0.05) is 6.07 Å². The molecular formula is C4H3N2O. The molecule has 0 fully saturated rings. The maximum Gasteiger partial charge on any atom is 0.159 e. The standard InChI is InChI=1S/C4H3N2O/c7-4-1-2-5-6-3-4/h1-2H,(H,5,7). The number of aromatic nitrogens is 2. The van der Waals surface area contributed by atoms with Crippen LogP contribution >= 0.6 is 0 Å². The molecule has 1 aromatic rings. The highest BCUT2D eigenvalue weighted by Crippen LogP contribution is 1.96. The molecule has 0 saturated carbocycles. The van der Waals surface area contributed by atoms with Gasteiger partial charge in [-0.3, -0.25) is 0 Å². The summed E-state index contributed by atoms with van der Waals surface area (Å²) in [5.74, 6) is 0.0231. The summed E-state index contributed by atoms with van der Waals surface area (Å²) in [7, 11) is 0. The Kier molecular flexibility index (Phi) is 0.898. The van der Waals surface area contributed by atoms with Crippen molar-refractivity contribution in [3.8, 4) is 5.75 Å². The molecule has 3 nitrogen and oxygen atoms in total. The molecule has 0 unspecified atom stereocenters. The number of aromatic hydroxyl groups is 1. The summed E-state index contributed by atoms with van der Waals surface area (Å²) in [5, 5.41) is 15.1. The second-order valence-corrected chi connectivity index (χ2v) is 1.03.